The molecule has 2 aliphatic heterocycles. The molecule has 1 atom stereocenters. The Bertz CT molecular complexity index is 1780. The van der Waals surface area contributed by atoms with Gasteiger partial charge >= 0.3 is 6.09 Å². The molecule has 1 saturated heterocycles. The summed E-state index contributed by atoms with van der Waals surface area (Å²) in [6, 6.07) is 24.4. The van der Waals surface area contributed by atoms with E-state index < -0.39 is 11.3 Å². The minimum Gasteiger partial charge on any atom is -0.497 e. The Labute approximate surface area is 270 Å². The summed E-state index contributed by atoms with van der Waals surface area (Å²) in [6.07, 6.45) is 5.80. The largest absolute Gasteiger partial charge is 0.497 e. The SMILES string of the molecule is COc1ccc(Cn2nc(C)c3cc(C4=NNC(C=Cc5ccccc5)(N5CCN(C(=O)OC(C)(C)C)CC5)C=N4)ccc32)cc1. The van der Waals surface area contributed by atoms with E-state index in [9.17, 15) is 4.79 Å². The van der Waals surface area contributed by atoms with Crippen LogP contribution in [-0.4, -0.2) is 82.3 Å². The van der Waals surface area contributed by atoms with E-state index in [1.54, 1.807) is 12.0 Å². The minimum atomic E-state index is -0.761. The molecule has 1 unspecified atom stereocenters. The van der Waals surface area contributed by atoms with Gasteiger partial charge in [0.05, 0.1) is 31.1 Å². The van der Waals surface area contributed by atoms with Crippen molar-refractivity contribution < 1.29 is 14.3 Å². The number of fused-ring (bicyclic) bond motifs is 1. The van der Waals surface area contributed by atoms with Crippen LogP contribution in [-0.2, 0) is 11.3 Å². The first kappa shape index (κ1) is 31.0. The van der Waals surface area contributed by atoms with Crippen molar-refractivity contribution in [3.63, 3.8) is 0 Å². The fourth-order valence-corrected chi connectivity index (χ4v) is 5.71. The Morgan fingerprint density at radius 2 is 1.74 bits per heavy atom. The molecule has 10 nitrogen and oxygen atoms in total. The van der Waals surface area contributed by atoms with E-state index in [4.69, 9.17) is 24.7 Å². The molecule has 1 fully saturated rings. The van der Waals surface area contributed by atoms with Gasteiger partial charge in [0, 0.05) is 37.1 Å². The quantitative estimate of drug-likeness (QED) is 0.285. The fourth-order valence-electron chi connectivity index (χ4n) is 5.71. The lowest BCUT2D eigenvalue weighted by Gasteiger charge is -2.44. The highest BCUT2D eigenvalue weighted by atomic mass is 16.6. The Morgan fingerprint density at radius 3 is 2.39 bits per heavy atom. The number of aryl methyl sites for hydroxylation is 1. The number of nitrogens with one attached hydrogen (secondary N) is 1. The number of nitrogens with zero attached hydrogens (tertiary/aromatic N) is 6. The summed E-state index contributed by atoms with van der Waals surface area (Å²) in [4.78, 5) is 21.6. The van der Waals surface area contributed by atoms with Gasteiger partial charge in [0.15, 0.2) is 11.5 Å². The Hall–Kier alpha value is -4.96. The number of methoxy groups -OCH3 is 1. The maximum Gasteiger partial charge on any atom is 0.410 e. The van der Waals surface area contributed by atoms with Crippen molar-refractivity contribution in [2.75, 3.05) is 33.3 Å². The number of hydrogen-bond acceptors (Lipinski definition) is 8. The van der Waals surface area contributed by atoms with Gasteiger partial charge < -0.3 is 14.4 Å². The zero-order valence-electron chi connectivity index (χ0n) is 27.1. The topological polar surface area (TPSA) is 96.6 Å². The predicted molar refractivity (Wildman–Crippen MR) is 182 cm³/mol. The highest BCUT2D eigenvalue weighted by Gasteiger charge is 2.38. The van der Waals surface area contributed by atoms with Crippen LogP contribution in [0.5, 0.6) is 5.75 Å². The fraction of sp³-hybridized carbons (Fsp3) is 0.333. The zero-order chi connectivity index (χ0) is 32.3. The molecule has 0 aliphatic carbocycles. The van der Waals surface area contributed by atoms with E-state index >= 15 is 0 Å². The van der Waals surface area contributed by atoms with Gasteiger partial charge in [-0.3, -0.25) is 15.0 Å². The first-order valence-electron chi connectivity index (χ1n) is 15.6. The van der Waals surface area contributed by atoms with Crippen LogP contribution in [0.4, 0.5) is 4.79 Å². The third kappa shape index (κ3) is 6.82. The number of aliphatic imine (C=N–C) groups is 1. The molecule has 0 bridgehead atoms. The van der Waals surface area contributed by atoms with Crippen LogP contribution < -0.4 is 10.2 Å². The van der Waals surface area contributed by atoms with Crippen molar-refractivity contribution in [1.29, 1.82) is 0 Å². The molecule has 1 amide bonds. The van der Waals surface area contributed by atoms with Crippen LogP contribution in [0, 0.1) is 6.92 Å². The summed E-state index contributed by atoms with van der Waals surface area (Å²) in [5.41, 5.74) is 7.25. The van der Waals surface area contributed by atoms with Crippen LogP contribution in [0.15, 0.2) is 89.0 Å². The zero-order valence-corrected chi connectivity index (χ0v) is 27.1. The number of hydrogen-bond donors (Lipinski definition) is 1. The monoisotopic (exact) mass is 619 g/mol. The molecule has 1 N–H and O–H groups in total. The summed E-state index contributed by atoms with van der Waals surface area (Å²) < 4.78 is 12.9. The highest BCUT2D eigenvalue weighted by molar-refractivity contribution is 6.07. The number of aromatic nitrogens is 2. The first-order chi connectivity index (χ1) is 22.1. The summed E-state index contributed by atoms with van der Waals surface area (Å²) in [7, 11) is 1.67. The number of carbonyl (C=O) groups excluding carboxylic acids is 1. The van der Waals surface area contributed by atoms with Crippen LogP contribution in [0.3, 0.4) is 0 Å². The molecule has 10 heteroatoms. The number of ether oxygens (including phenoxy) is 2. The van der Waals surface area contributed by atoms with Crippen molar-refractivity contribution in [3.05, 3.63) is 101 Å². The maximum atomic E-state index is 12.7. The molecule has 46 heavy (non-hydrogen) atoms. The van der Waals surface area contributed by atoms with Gasteiger partial charge in [-0.25, -0.2) is 9.79 Å². The normalized spacial score (nSPS) is 18.9. The average molecular weight is 620 g/mol. The second kappa shape index (κ2) is 12.8. The number of carbonyl (C=O) groups is 1. The number of hydrazone groups is 1. The number of rotatable bonds is 7. The average Bonchev–Trinajstić information content (AvgIpc) is 3.38. The van der Waals surface area contributed by atoms with E-state index in [1.165, 1.54) is 0 Å². The van der Waals surface area contributed by atoms with Gasteiger partial charge in [-0.05, 0) is 75.2 Å². The van der Waals surface area contributed by atoms with Crippen LogP contribution in [0.2, 0.25) is 0 Å². The Kier molecular flexibility index (Phi) is 8.64. The lowest BCUT2D eigenvalue weighted by atomic mass is 10.0. The standard InChI is InChI=1S/C36H41N7O3/c1-26-31-23-29(13-16-32(31)43(39-26)24-28-11-14-30(45-5)15-12-28)33-37-25-36(40-38-33,18-17-27-9-7-6-8-10-27)42-21-19-41(20-22-42)34(44)46-35(2,3)4/h6-18,23,25,40H,19-22,24H2,1-5H3. The minimum absolute atomic E-state index is 0.287. The maximum absolute atomic E-state index is 12.7. The van der Waals surface area contributed by atoms with Crippen molar-refractivity contribution in [1.82, 2.24) is 25.0 Å². The molecule has 0 saturated carbocycles. The van der Waals surface area contributed by atoms with Crippen molar-refractivity contribution in [2.24, 2.45) is 10.1 Å². The second-order valence-electron chi connectivity index (χ2n) is 12.7. The van der Waals surface area contributed by atoms with Crippen molar-refractivity contribution in [2.45, 2.75) is 45.5 Å². The number of piperazine rings is 1. The molecule has 0 spiro atoms. The van der Waals surface area contributed by atoms with E-state index in [0.29, 0.717) is 38.6 Å². The lowest BCUT2D eigenvalue weighted by molar-refractivity contribution is 0.00740. The Balaban J connectivity index is 1.22. The predicted octanol–water partition coefficient (Wildman–Crippen LogP) is 5.70. The number of amides is 1. The van der Waals surface area contributed by atoms with E-state index in [1.807, 2.05) is 75.0 Å². The molecule has 2 aliphatic rings. The molecular weight excluding hydrogens is 578 g/mol. The summed E-state index contributed by atoms with van der Waals surface area (Å²) in [5.74, 6) is 1.43. The summed E-state index contributed by atoms with van der Waals surface area (Å²) in [5, 5.41) is 10.7. The molecule has 3 heterocycles. The van der Waals surface area contributed by atoms with Gasteiger partial charge in [0.1, 0.15) is 11.4 Å². The third-order valence-electron chi connectivity index (χ3n) is 8.19. The smallest absolute Gasteiger partial charge is 0.410 e. The highest BCUT2D eigenvalue weighted by Crippen LogP contribution is 2.25. The summed E-state index contributed by atoms with van der Waals surface area (Å²) in [6.45, 7) is 10.7. The number of amidine groups is 1. The lowest BCUT2D eigenvalue weighted by Crippen LogP contribution is -2.64. The Morgan fingerprint density at radius 1 is 1.00 bits per heavy atom. The number of benzene rings is 3. The summed E-state index contributed by atoms with van der Waals surface area (Å²) >= 11 is 0. The molecule has 3 aromatic carbocycles. The van der Waals surface area contributed by atoms with Crippen LogP contribution >= 0.6 is 0 Å². The van der Waals surface area contributed by atoms with Crippen LogP contribution in [0.25, 0.3) is 17.0 Å². The molecule has 6 rings (SSSR count). The molecule has 1 aromatic heterocycles. The first-order valence-corrected chi connectivity index (χ1v) is 15.6. The van der Waals surface area contributed by atoms with Gasteiger partial charge in [-0.1, -0.05) is 48.5 Å². The van der Waals surface area contributed by atoms with Gasteiger partial charge in [-0.15, -0.1) is 0 Å². The second-order valence-corrected chi connectivity index (χ2v) is 12.7. The molecule has 0 radical (unpaired) electrons. The van der Waals surface area contributed by atoms with E-state index in [2.05, 4.69) is 58.9 Å². The van der Waals surface area contributed by atoms with Crippen molar-refractivity contribution in [3.8, 4) is 5.75 Å². The van der Waals surface area contributed by atoms with Gasteiger partial charge in [-0.2, -0.15) is 10.2 Å². The molecule has 238 valence electrons. The van der Waals surface area contributed by atoms with E-state index in [-0.39, 0.29) is 6.09 Å². The third-order valence-corrected chi connectivity index (χ3v) is 8.19. The molecular formula is C36H41N7O3. The van der Waals surface area contributed by atoms with Gasteiger partial charge in [0.25, 0.3) is 0 Å². The van der Waals surface area contributed by atoms with Gasteiger partial charge in [0.2, 0.25) is 0 Å². The van der Waals surface area contributed by atoms with E-state index in [0.717, 1.165) is 39.0 Å². The van der Waals surface area contributed by atoms with Crippen molar-refractivity contribution >= 4 is 35.1 Å². The van der Waals surface area contributed by atoms with Crippen LogP contribution in [0.1, 0.15) is 43.2 Å². The molecule has 4 aromatic rings.